The number of nitrogens with one attached hydrogen (secondary N) is 1. The van der Waals surface area contributed by atoms with Gasteiger partial charge in [0.15, 0.2) is 0 Å². The minimum Gasteiger partial charge on any atom is -0.397 e. The van der Waals surface area contributed by atoms with Crippen LogP contribution in [0, 0.1) is 11.7 Å². The van der Waals surface area contributed by atoms with Gasteiger partial charge in [0.05, 0.1) is 17.9 Å². The molecule has 4 nitrogen and oxygen atoms in total. The van der Waals surface area contributed by atoms with Gasteiger partial charge in [-0.15, -0.1) is 0 Å². The molecule has 2 fully saturated rings. The molecule has 1 aromatic rings. The molecule has 3 N–H and O–H groups in total. The van der Waals surface area contributed by atoms with Gasteiger partial charge in [-0.3, -0.25) is 9.69 Å². The molecule has 102 valence electrons. The molecule has 2 atom stereocenters. The van der Waals surface area contributed by atoms with Crippen LogP contribution in [0.2, 0.25) is 0 Å². The zero-order valence-electron chi connectivity index (χ0n) is 10.7. The lowest BCUT2D eigenvalue weighted by Crippen LogP contribution is -2.38. The molecule has 1 heterocycles. The molecule has 19 heavy (non-hydrogen) atoms. The fourth-order valence-electron chi connectivity index (χ4n) is 3.24. The molecular weight excluding hydrogens is 245 g/mol. The zero-order chi connectivity index (χ0) is 13.4. The number of anilines is 2. The number of hydrogen-bond acceptors (Lipinski definition) is 3. The van der Waals surface area contributed by atoms with Crippen LogP contribution in [-0.2, 0) is 4.79 Å². The van der Waals surface area contributed by atoms with Crippen molar-refractivity contribution in [2.45, 2.75) is 25.3 Å². The van der Waals surface area contributed by atoms with E-state index in [9.17, 15) is 9.18 Å². The maximum atomic E-state index is 12.9. The molecular formula is C14H18FN3O. The number of likely N-dealkylation sites (tertiary alicyclic amines) is 1. The SMILES string of the molecule is Nc1cc(F)ccc1NC(=O)CN1CC2CCC1C2. The Kier molecular flexibility index (Phi) is 3.14. The van der Waals surface area contributed by atoms with E-state index in [0.717, 1.165) is 12.5 Å². The van der Waals surface area contributed by atoms with E-state index in [1.165, 1.54) is 37.5 Å². The molecule has 5 heteroatoms. The van der Waals surface area contributed by atoms with E-state index in [1.54, 1.807) is 0 Å². The third-order valence-electron chi connectivity index (χ3n) is 4.16. The third kappa shape index (κ3) is 2.56. The van der Waals surface area contributed by atoms with E-state index in [2.05, 4.69) is 10.2 Å². The van der Waals surface area contributed by atoms with Crippen LogP contribution < -0.4 is 11.1 Å². The van der Waals surface area contributed by atoms with Gasteiger partial charge >= 0.3 is 0 Å². The number of carbonyl (C=O) groups excluding carboxylic acids is 1. The van der Waals surface area contributed by atoms with Gasteiger partial charge in [-0.05, 0) is 43.4 Å². The highest BCUT2D eigenvalue weighted by Gasteiger charge is 2.38. The highest BCUT2D eigenvalue weighted by atomic mass is 19.1. The Morgan fingerprint density at radius 2 is 2.32 bits per heavy atom. The van der Waals surface area contributed by atoms with E-state index in [0.29, 0.717) is 18.3 Å². The first kappa shape index (κ1) is 12.4. The van der Waals surface area contributed by atoms with Crippen molar-refractivity contribution in [2.24, 2.45) is 5.92 Å². The lowest BCUT2D eigenvalue weighted by Gasteiger charge is -2.25. The average molecular weight is 263 g/mol. The Morgan fingerprint density at radius 1 is 1.47 bits per heavy atom. The number of nitrogens with zero attached hydrogens (tertiary/aromatic N) is 1. The summed E-state index contributed by atoms with van der Waals surface area (Å²) in [5, 5.41) is 2.75. The minimum absolute atomic E-state index is 0.0779. The van der Waals surface area contributed by atoms with Crippen molar-refractivity contribution in [3.05, 3.63) is 24.0 Å². The first-order valence-corrected chi connectivity index (χ1v) is 6.71. The fourth-order valence-corrected chi connectivity index (χ4v) is 3.24. The van der Waals surface area contributed by atoms with E-state index in [4.69, 9.17) is 5.73 Å². The summed E-state index contributed by atoms with van der Waals surface area (Å²) in [5.41, 5.74) is 6.41. The molecule has 1 saturated carbocycles. The Bertz CT molecular complexity index is 505. The van der Waals surface area contributed by atoms with Gasteiger partial charge < -0.3 is 11.1 Å². The molecule has 1 amide bonds. The summed E-state index contributed by atoms with van der Waals surface area (Å²) in [5.74, 6) is 0.298. The average Bonchev–Trinajstić information content (AvgIpc) is 2.95. The van der Waals surface area contributed by atoms with Gasteiger partial charge in [-0.25, -0.2) is 4.39 Å². The Morgan fingerprint density at radius 3 is 2.95 bits per heavy atom. The van der Waals surface area contributed by atoms with E-state index in [-0.39, 0.29) is 11.6 Å². The molecule has 2 unspecified atom stereocenters. The van der Waals surface area contributed by atoms with Crippen molar-refractivity contribution in [3.8, 4) is 0 Å². The van der Waals surface area contributed by atoms with Crippen molar-refractivity contribution >= 4 is 17.3 Å². The van der Waals surface area contributed by atoms with Gasteiger partial charge in [0.2, 0.25) is 5.91 Å². The first-order valence-electron chi connectivity index (χ1n) is 6.71. The topological polar surface area (TPSA) is 58.4 Å². The normalized spacial score (nSPS) is 25.7. The molecule has 1 saturated heterocycles. The van der Waals surface area contributed by atoms with Crippen LogP contribution in [0.25, 0.3) is 0 Å². The summed E-state index contributed by atoms with van der Waals surface area (Å²) in [6.45, 7) is 1.43. The molecule has 2 bridgehead atoms. The summed E-state index contributed by atoms with van der Waals surface area (Å²) in [6, 6.07) is 4.58. The van der Waals surface area contributed by atoms with Crippen molar-refractivity contribution in [1.29, 1.82) is 0 Å². The Balaban J connectivity index is 1.59. The summed E-state index contributed by atoms with van der Waals surface area (Å²) >= 11 is 0. The predicted molar refractivity (Wildman–Crippen MR) is 72.1 cm³/mol. The zero-order valence-corrected chi connectivity index (χ0v) is 10.7. The highest BCUT2D eigenvalue weighted by molar-refractivity contribution is 5.95. The van der Waals surface area contributed by atoms with E-state index >= 15 is 0 Å². The van der Waals surface area contributed by atoms with Crippen LogP contribution in [0.3, 0.4) is 0 Å². The summed E-state index contributed by atoms with van der Waals surface area (Å²) in [7, 11) is 0. The smallest absolute Gasteiger partial charge is 0.238 e. The number of benzene rings is 1. The van der Waals surface area contributed by atoms with Crippen molar-refractivity contribution < 1.29 is 9.18 Å². The van der Waals surface area contributed by atoms with Crippen LogP contribution >= 0.6 is 0 Å². The Labute approximate surface area is 111 Å². The van der Waals surface area contributed by atoms with Crippen LogP contribution in [0.15, 0.2) is 18.2 Å². The lowest BCUT2D eigenvalue weighted by molar-refractivity contribution is -0.117. The van der Waals surface area contributed by atoms with Crippen LogP contribution in [-0.4, -0.2) is 29.9 Å². The van der Waals surface area contributed by atoms with Gasteiger partial charge in [0.1, 0.15) is 5.82 Å². The molecule has 1 aliphatic heterocycles. The third-order valence-corrected chi connectivity index (χ3v) is 4.16. The fraction of sp³-hybridized carbons (Fsp3) is 0.500. The van der Waals surface area contributed by atoms with Crippen molar-refractivity contribution in [2.75, 3.05) is 24.1 Å². The number of piperidine rings is 1. The second-order valence-electron chi connectivity index (χ2n) is 5.54. The maximum Gasteiger partial charge on any atom is 0.238 e. The number of rotatable bonds is 3. The molecule has 0 spiro atoms. The number of nitrogen functional groups attached to an aromatic ring is 1. The Hall–Kier alpha value is -1.62. The number of amides is 1. The largest absolute Gasteiger partial charge is 0.397 e. The van der Waals surface area contributed by atoms with Crippen LogP contribution in [0.5, 0.6) is 0 Å². The molecule has 1 aliphatic carbocycles. The number of hydrogen-bond donors (Lipinski definition) is 2. The van der Waals surface area contributed by atoms with Gasteiger partial charge in [0, 0.05) is 12.6 Å². The van der Waals surface area contributed by atoms with Gasteiger partial charge in [0.25, 0.3) is 0 Å². The van der Waals surface area contributed by atoms with E-state index in [1.807, 2.05) is 0 Å². The summed E-state index contributed by atoms with van der Waals surface area (Å²) < 4.78 is 12.9. The lowest BCUT2D eigenvalue weighted by atomic mass is 10.1. The first-order chi connectivity index (χ1) is 9.11. The number of carbonyl (C=O) groups is 1. The van der Waals surface area contributed by atoms with Gasteiger partial charge in [-0.2, -0.15) is 0 Å². The number of fused-ring (bicyclic) bond motifs is 2. The molecule has 1 aromatic carbocycles. The molecule has 3 rings (SSSR count). The second-order valence-corrected chi connectivity index (χ2v) is 5.54. The maximum absolute atomic E-state index is 12.9. The molecule has 0 radical (unpaired) electrons. The predicted octanol–water partition coefficient (Wildman–Crippen LogP) is 1.83. The van der Waals surface area contributed by atoms with Gasteiger partial charge in [-0.1, -0.05) is 0 Å². The highest BCUT2D eigenvalue weighted by Crippen LogP contribution is 2.37. The summed E-state index contributed by atoms with van der Waals surface area (Å²) in [4.78, 5) is 14.2. The monoisotopic (exact) mass is 263 g/mol. The molecule has 0 aromatic heterocycles. The van der Waals surface area contributed by atoms with Crippen molar-refractivity contribution in [1.82, 2.24) is 4.90 Å². The quantitative estimate of drug-likeness (QED) is 0.818. The summed E-state index contributed by atoms with van der Waals surface area (Å²) in [6.07, 6.45) is 3.73. The van der Waals surface area contributed by atoms with E-state index < -0.39 is 5.82 Å². The number of halogens is 1. The van der Waals surface area contributed by atoms with Crippen LogP contribution in [0.1, 0.15) is 19.3 Å². The number of nitrogens with two attached hydrogens (primary N) is 1. The van der Waals surface area contributed by atoms with Crippen LogP contribution in [0.4, 0.5) is 15.8 Å². The molecule has 2 aliphatic rings. The second kappa shape index (κ2) is 4.81. The minimum atomic E-state index is -0.396. The van der Waals surface area contributed by atoms with Crippen molar-refractivity contribution in [3.63, 3.8) is 0 Å². The standard InChI is InChI=1S/C14H18FN3O/c15-10-2-4-13(12(16)6-10)17-14(19)8-18-7-9-1-3-11(18)5-9/h2,4,6,9,11H,1,3,5,7-8,16H2,(H,17,19).